The van der Waals surface area contributed by atoms with Crippen molar-refractivity contribution < 1.29 is 9.53 Å². The summed E-state index contributed by atoms with van der Waals surface area (Å²) in [5, 5.41) is 14.8. The number of carbonyl (C=O) groups excluding carboxylic acids is 1. The average Bonchev–Trinajstić information content (AvgIpc) is 3.34. The molecule has 3 aromatic heterocycles. The molecule has 11 heteroatoms. The molecular formula is C26H23N9O2. The van der Waals surface area contributed by atoms with E-state index in [0.29, 0.717) is 35.3 Å². The summed E-state index contributed by atoms with van der Waals surface area (Å²) in [5.74, 6) is 6.72. The summed E-state index contributed by atoms with van der Waals surface area (Å²) >= 11 is 0. The third kappa shape index (κ3) is 5.61. The smallest absolute Gasteiger partial charge is 0.300 e. The van der Waals surface area contributed by atoms with E-state index in [9.17, 15) is 4.79 Å². The Morgan fingerprint density at radius 2 is 1.92 bits per heavy atom. The number of fused-ring (bicyclic) bond motifs is 2. The zero-order valence-corrected chi connectivity index (χ0v) is 20.4. The number of nitrogens with zero attached hydrogens (tertiary/aromatic N) is 7. The largest absolute Gasteiger partial charge is 0.439 e. The average molecular weight is 494 g/mol. The third-order valence-electron chi connectivity index (χ3n) is 5.31. The summed E-state index contributed by atoms with van der Waals surface area (Å²) in [4.78, 5) is 27.1. The molecule has 0 saturated carbocycles. The number of aromatic nitrogens is 6. The Labute approximate surface area is 212 Å². The molecule has 0 aliphatic heterocycles. The zero-order chi connectivity index (χ0) is 25.8. The molecule has 0 saturated heterocycles. The molecule has 3 heterocycles. The van der Waals surface area contributed by atoms with Crippen molar-refractivity contribution in [2.75, 3.05) is 31.3 Å². The number of anilines is 3. The monoisotopic (exact) mass is 493 g/mol. The maximum atomic E-state index is 12.2. The van der Waals surface area contributed by atoms with Gasteiger partial charge in [-0.15, -0.1) is 10.2 Å². The van der Waals surface area contributed by atoms with E-state index < -0.39 is 0 Å². The Morgan fingerprint density at radius 1 is 1.05 bits per heavy atom. The predicted molar refractivity (Wildman–Crippen MR) is 140 cm³/mol. The summed E-state index contributed by atoms with van der Waals surface area (Å²) in [7, 11) is 3.78. The molecule has 0 atom stereocenters. The van der Waals surface area contributed by atoms with Gasteiger partial charge in [-0.05, 0) is 68.9 Å². The molecule has 0 fully saturated rings. The quantitative estimate of drug-likeness (QED) is 0.343. The SMILES string of the molecule is Cc1cc(Nc2ncnc3ccc(NC(=O)C#CCN(C)C)cc23)ccc1Oc1cc2nncn2cn1. The van der Waals surface area contributed by atoms with Gasteiger partial charge in [0.1, 0.15) is 30.5 Å². The second kappa shape index (κ2) is 10.3. The number of carbonyl (C=O) groups is 1. The van der Waals surface area contributed by atoms with Gasteiger partial charge in [-0.25, -0.2) is 15.0 Å². The van der Waals surface area contributed by atoms with Crippen LogP contribution in [0.4, 0.5) is 17.2 Å². The fourth-order valence-electron chi connectivity index (χ4n) is 3.53. The van der Waals surface area contributed by atoms with E-state index in [0.717, 1.165) is 22.2 Å². The van der Waals surface area contributed by atoms with Crippen molar-refractivity contribution in [1.82, 2.24) is 34.4 Å². The zero-order valence-electron chi connectivity index (χ0n) is 20.4. The van der Waals surface area contributed by atoms with Crippen LogP contribution in [0.25, 0.3) is 16.6 Å². The van der Waals surface area contributed by atoms with Gasteiger partial charge in [0.05, 0.1) is 12.1 Å². The minimum Gasteiger partial charge on any atom is -0.439 e. The minimum absolute atomic E-state index is 0.378. The second-order valence-corrected chi connectivity index (χ2v) is 8.48. The van der Waals surface area contributed by atoms with Gasteiger partial charge in [0.15, 0.2) is 5.65 Å². The van der Waals surface area contributed by atoms with Crippen LogP contribution in [0.15, 0.2) is 61.4 Å². The summed E-state index contributed by atoms with van der Waals surface area (Å²) < 4.78 is 7.66. The third-order valence-corrected chi connectivity index (χ3v) is 5.31. The van der Waals surface area contributed by atoms with Gasteiger partial charge >= 0.3 is 0 Å². The Kier molecular flexibility index (Phi) is 6.56. The highest BCUT2D eigenvalue weighted by Crippen LogP contribution is 2.30. The first kappa shape index (κ1) is 23.7. The lowest BCUT2D eigenvalue weighted by Crippen LogP contribution is -2.13. The molecule has 5 rings (SSSR count). The second-order valence-electron chi connectivity index (χ2n) is 8.48. The fraction of sp³-hybridized carbons (Fsp3) is 0.154. The highest BCUT2D eigenvalue weighted by Gasteiger charge is 2.10. The molecule has 11 nitrogen and oxygen atoms in total. The number of aryl methyl sites for hydroxylation is 1. The van der Waals surface area contributed by atoms with Crippen LogP contribution in [0, 0.1) is 18.8 Å². The van der Waals surface area contributed by atoms with Crippen LogP contribution in [-0.2, 0) is 4.79 Å². The van der Waals surface area contributed by atoms with Crippen LogP contribution in [0.5, 0.6) is 11.6 Å². The molecule has 37 heavy (non-hydrogen) atoms. The number of benzene rings is 2. The standard InChI is InChI=1S/C26H23N9O2/c1-17-11-18(7-9-22(17)37-25-13-23-33-30-16-35(23)15-29-25)32-26-20-12-19(6-8-21(20)27-14-28-26)31-24(36)5-4-10-34(2)3/h6-9,11-16H,10H2,1-3H3,(H,31,36)(H,27,28,32). The summed E-state index contributed by atoms with van der Waals surface area (Å²) in [6.45, 7) is 2.45. The molecule has 0 radical (unpaired) electrons. The van der Waals surface area contributed by atoms with E-state index in [2.05, 4.69) is 47.6 Å². The van der Waals surface area contributed by atoms with Crippen molar-refractivity contribution in [2.45, 2.75) is 6.92 Å². The molecule has 0 aliphatic carbocycles. The molecule has 0 unspecified atom stereocenters. The number of amides is 1. The predicted octanol–water partition coefficient (Wildman–Crippen LogP) is 3.42. The lowest BCUT2D eigenvalue weighted by molar-refractivity contribution is -0.111. The number of hydrogen-bond donors (Lipinski definition) is 2. The Morgan fingerprint density at radius 3 is 2.76 bits per heavy atom. The highest BCUT2D eigenvalue weighted by molar-refractivity contribution is 6.05. The van der Waals surface area contributed by atoms with E-state index in [-0.39, 0.29) is 5.91 Å². The maximum absolute atomic E-state index is 12.2. The van der Waals surface area contributed by atoms with Crippen LogP contribution in [0.3, 0.4) is 0 Å². The van der Waals surface area contributed by atoms with Gasteiger partial charge in [-0.2, -0.15) is 0 Å². The lowest BCUT2D eigenvalue weighted by atomic mass is 10.1. The summed E-state index contributed by atoms with van der Waals surface area (Å²) in [6.07, 6.45) is 4.67. The van der Waals surface area contributed by atoms with Gasteiger partial charge in [0.2, 0.25) is 5.88 Å². The number of ether oxygens (including phenoxy) is 1. The molecular weight excluding hydrogens is 470 g/mol. The number of nitrogens with one attached hydrogen (secondary N) is 2. The molecule has 2 N–H and O–H groups in total. The first-order chi connectivity index (χ1) is 17.9. The van der Waals surface area contributed by atoms with Gasteiger partial charge in [0, 0.05) is 22.8 Å². The first-order valence-electron chi connectivity index (χ1n) is 11.3. The van der Waals surface area contributed by atoms with Crippen molar-refractivity contribution in [2.24, 2.45) is 0 Å². The molecule has 5 aromatic rings. The fourth-order valence-corrected chi connectivity index (χ4v) is 3.53. The van der Waals surface area contributed by atoms with Crippen LogP contribution in [0.1, 0.15) is 5.56 Å². The minimum atomic E-state index is -0.378. The number of rotatable bonds is 6. The summed E-state index contributed by atoms with van der Waals surface area (Å²) in [5.41, 5.74) is 3.70. The molecule has 1 amide bonds. The van der Waals surface area contributed by atoms with Crippen molar-refractivity contribution in [3.05, 3.63) is 67.0 Å². The Balaban J connectivity index is 1.34. The van der Waals surface area contributed by atoms with Crippen LogP contribution in [-0.4, -0.2) is 61.0 Å². The molecule has 0 bridgehead atoms. The molecule has 0 aliphatic rings. The van der Waals surface area contributed by atoms with Gasteiger partial charge in [0.25, 0.3) is 5.91 Å². The highest BCUT2D eigenvalue weighted by atomic mass is 16.5. The van der Waals surface area contributed by atoms with Crippen LogP contribution < -0.4 is 15.4 Å². The lowest BCUT2D eigenvalue weighted by Gasteiger charge is -2.12. The Bertz CT molecular complexity index is 1670. The van der Waals surface area contributed by atoms with Crippen molar-refractivity contribution in [3.8, 4) is 23.5 Å². The van der Waals surface area contributed by atoms with Crippen LogP contribution in [0.2, 0.25) is 0 Å². The molecule has 2 aromatic carbocycles. The van der Waals surface area contributed by atoms with Crippen LogP contribution >= 0.6 is 0 Å². The van der Waals surface area contributed by atoms with Crippen molar-refractivity contribution >= 4 is 39.6 Å². The van der Waals surface area contributed by atoms with E-state index >= 15 is 0 Å². The normalized spacial score (nSPS) is 10.8. The van der Waals surface area contributed by atoms with Crippen molar-refractivity contribution in [3.63, 3.8) is 0 Å². The van der Waals surface area contributed by atoms with E-state index in [4.69, 9.17) is 4.74 Å². The maximum Gasteiger partial charge on any atom is 0.300 e. The van der Waals surface area contributed by atoms with Gasteiger partial charge < -0.3 is 15.4 Å². The summed E-state index contributed by atoms with van der Waals surface area (Å²) in [6, 6.07) is 12.8. The number of hydrogen-bond acceptors (Lipinski definition) is 9. The molecule has 184 valence electrons. The van der Waals surface area contributed by atoms with Crippen molar-refractivity contribution in [1.29, 1.82) is 0 Å². The van der Waals surface area contributed by atoms with E-state index in [1.54, 1.807) is 29.2 Å². The van der Waals surface area contributed by atoms with Gasteiger partial charge in [-0.3, -0.25) is 14.1 Å². The van der Waals surface area contributed by atoms with Gasteiger partial charge in [-0.1, -0.05) is 5.92 Å². The topological polar surface area (TPSA) is 122 Å². The first-order valence-corrected chi connectivity index (χ1v) is 11.3. The van der Waals surface area contributed by atoms with E-state index in [1.165, 1.54) is 6.33 Å². The Hall–Kier alpha value is -5.08. The van der Waals surface area contributed by atoms with E-state index in [1.807, 2.05) is 56.3 Å². The molecule has 0 spiro atoms.